The maximum atomic E-state index is 12.7. The van der Waals surface area contributed by atoms with Gasteiger partial charge in [0.1, 0.15) is 19.3 Å². The number of nitrogens with zero attached hydrogens (tertiary/aromatic N) is 1. The van der Waals surface area contributed by atoms with Gasteiger partial charge in [0.2, 0.25) is 5.91 Å². The summed E-state index contributed by atoms with van der Waals surface area (Å²) in [5.41, 5.74) is 2.65. The molecule has 0 bridgehead atoms. The minimum Gasteiger partial charge on any atom is -0.486 e. The molecule has 0 aromatic heterocycles. The molecule has 1 N–H and O–H groups in total. The first-order chi connectivity index (χ1) is 14.1. The van der Waals surface area contributed by atoms with Gasteiger partial charge in [-0.05, 0) is 47.7 Å². The molecule has 30 heavy (non-hydrogen) atoms. The maximum Gasteiger partial charge on any atom is 0.251 e. The fraction of sp³-hybridized carbons (Fsp3) is 0.417. The van der Waals surface area contributed by atoms with E-state index in [0.717, 1.165) is 16.9 Å². The van der Waals surface area contributed by atoms with E-state index in [1.807, 2.05) is 30.3 Å². The van der Waals surface area contributed by atoms with Gasteiger partial charge in [0.25, 0.3) is 5.91 Å². The summed E-state index contributed by atoms with van der Waals surface area (Å²) >= 11 is 0. The third kappa shape index (κ3) is 5.12. The fourth-order valence-electron chi connectivity index (χ4n) is 3.33. The number of nitrogens with one attached hydrogen (secondary N) is 1. The Morgan fingerprint density at radius 2 is 1.67 bits per heavy atom. The Morgan fingerprint density at radius 1 is 1.03 bits per heavy atom. The average molecular weight is 411 g/mol. The number of ether oxygens (including phenoxy) is 2. The summed E-state index contributed by atoms with van der Waals surface area (Å²) < 4.78 is 11.1. The van der Waals surface area contributed by atoms with Crippen LogP contribution in [0.1, 0.15) is 49.2 Å². The second-order valence-electron chi connectivity index (χ2n) is 8.69. The minimum atomic E-state index is -0.637. The SMILES string of the molecule is CC(NC(=O)c1ccc(C(C)(C)C)cc1)C(=O)N(C)Cc1ccc2c(c1)OCCO2. The molecule has 0 radical (unpaired) electrons. The van der Waals surface area contributed by atoms with Gasteiger partial charge in [-0.2, -0.15) is 0 Å². The number of fused-ring (bicyclic) bond motifs is 1. The van der Waals surface area contributed by atoms with E-state index in [1.54, 1.807) is 31.0 Å². The van der Waals surface area contributed by atoms with Gasteiger partial charge in [-0.3, -0.25) is 9.59 Å². The van der Waals surface area contributed by atoms with Crippen LogP contribution in [0.25, 0.3) is 0 Å². The van der Waals surface area contributed by atoms with Crippen LogP contribution in [0, 0.1) is 0 Å². The lowest BCUT2D eigenvalue weighted by Crippen LogP contribution is -2.45. The highest BCUT2D eigenvalue weighted by molar-refractivity contribution is 5.97. The average Bonchev–Trinajstić information content (AvgIpc) is 2.72. The highest BCUT2D eigenvalue weighted by Crippen LogP contribution is 2.31. The summed E-state index contributed by atoms with van der Waals surface area (Å²) in [7, 11) is 1.72. The normalized spacial score (nSPS) is 14.0. The second-order valence-corrected chi connectivity index (χ2v) is 8.69. The van der Waals surface area contributed by atoms with E-state index >= 15 is 0 Å². The largest absolute Gasteiger partial charge is 0.486 e. The number of benzene rings is 2. The van der Waals surface area contributed by atoms with Gasteiger partial charge in [0, 0.05) is 19.2 Å². The van der Waals surface area contributed by atoms with Crippen LogP contribution in [0.15, 0.2) is 42.5 Å². The highest BCUT2D eigenvalue weighted by Gasteiger charge is 2.22. The molecule has 1 aliphatic heterocycles. The molecule has 6 heteroatoms. The van der Waals surface area contributed by atoms with Gasteiger partial charge < -0.3 is 19.7 Å². The Kier molecular flexibility index (Phi) is 6.34. The van der Waals surface area contributed by atoms with E-state index in [0.29, 0.717) is 31.1 Å². The molecule has 3 rings (SSSR count). The number of amides is 2. The smallest absolute Gasteiger partial charge is 0.251 e. The van der Waals surface area contributed by atoms with Crippen LogP contribution in [0.4, 0.5) is 0 Å². The monoisotopic (exact) mass is 410 g/mol. The van der Waals surface area contributed by atoms with Crippen molar-refractivity contribution < 1.29 is 19.1 Å². The topological polar surface area (TPSA) is 67.9 Å². The molecular weight excluding hydrogens is 380 g/mol. The third-order valence-electron chi connectivity index (χ3n) is 5.13. The molecule has 2 aromatic carbocycles. The maximum absolute atomic E-state index is 12.7. The second kappa shape index (κ2) is 8.78. The molecule has 0 saturated carbocycles. The van der Waals surface area contributed by atoms with Crippen molar-refractivity contribution in [2.75, 3.05) is 20.3 Å². The van der Waals surface area contributed by atoms with Gasteiger partial charge in [-0.15, -0.1) is 0 Å². The van der Waals surface area contributed by atoms with E-state index in [-0.39, 0.29) is 17.2 Å². The van der Waals surface area contributed by atoms with Crippen molar-refractivity contribution >= 4 is 11.8 Å². The van der Waals surface area contributed by atoms with E-state index in [1.165, 1.54) is 0 Å². The lowest BCUT2D eigenvalue weighted by molar-refractivity contribution is -0.132. The molecule has 1 unspecified atom stereocenters. The number of hydrogen-bond acceptors (Lipinski definition) is 4. The van der Waals surface area contributed by atoms with Crippen molar-refractivity contribution in [1.82, 2.24) is 10.2 Å². The van der Waals surface area contributed by atoms with Crippen molar-refractivity contribution in [3.05, 3.63) is 59.2 Å². The Morgan fingerprint density at radius 3 is 2.30 bits per heavy atom. The first-order valence-corrected chi connectivity index (χ1v) is 10.2. The van der Waals surface area contributed by atoms with Crippen LogP contribution in [-0.2, 0) is 16.8 Å². The molecule has 1 atom stereocenters. The first-order valence-electron chi connectivity index (χ1n) is 10.2. The molecule has 6 nitrogen and oxygen atoms in total. The summed E-state index contributed by atoms with van der Waals surface area (Å²) in [6, 6.07) is 12.5. The van der Waals surface area contributed by atoms with Crippen molar-refractivity contribution in [2.24, 2.45) is 0 Å². The van der Waals surface area contributed by atoms with Gasteiger partial charge in [-0.1, -0.05) is 39.0 Å². The first kappa shape index (κ1) is 21.7. The predicted molar refractivity (Wildman–Crippen MR) is 116 cm³/mol. The van der Waals surface area contributed by atoms with Crippen LogP contribution in [0.5, 0.6) is 11.5 Å². The van der Waals surface area contributed by atoms with E-state index in [9.17, 15) is 9.59 Å². The summed E-state index contributed by atoms with van der Waals surface area (Å²) in [6.45, 7) is 9.55. The van der Waals surface area contributed by atoms with Crippen LogP contribution < -0.4 is 14.8 Å². The number of likely N-dealkylation sites (N-methyl/N-ethyl adjacent to an activating group) is 1. The van der Waals surface area contributed by atoms with Crippen molar-refractivity contribution in [3.63, 3.8) is 0 Å². The van der Waals surface area contributed by atoms with Gasteiger partial charge in [0.15, 0.2) is 11.5 Å². The van der Waals surface area contributed by atoms with Gasteiger partial charge >= 0.3 is 0 Å². The molecule has 160 valence electrons. The number of hydrogen-bond donors (Lipinski definition) is 1. The third-order valence-corrected chi connectivity index (χ3v) is 5.13. The van der Waals surface area contributed by atoms with Crippen LogP contribution >= 0.6 is 0 Å². The quantitative estimate of drug-likeness (QED) is 0.819. The molecule has 2 amide bonds. The van der Waals surface area contributed by atoms with E-state index in [2.05, 4.69) is 26.1 Å². The Balaban J connectivity index is 1.58. The number of carbonyl (C=O) groups is 2. The Bertz CT molecular complexity index is 916. The van der Waals surface area contributed by atoms with Crippen LogP contribution in [0.3, 0.4) is 0 Å². The molecule has 1 aliphatic rings. The van der Waals surface area contributed by atoms with Crippen LogP contribution in [0.2, 0.25) is 0 Å². The van der Waals surface area contributed by atoms with E-state index in [4.69, 9.17) is 9.47 Å². The minimum absolute atomic E-state index is 0.0226. The van der Waals surface area contributed by atoms with Crippen molar-refractivity contribution in [2.45, 2.75) is 45.7 Å². The summed E-state index contributed by atoms with van der Waals surface area (Å²) in [5, 5.41) is 2.80. The molecule has 0 saturated heterocycles. The van der Waals surface area contributed by atoms with Gasteiger partial charge in [0.05, 0.1) is 0 Å². The number of rotatable bonds is 5. The number of carbonyl (C=O) groups excluding carboxylic acids is 2. The fourth-order valence-corrected chi connectivity index (χ4v) is 3.33. The zero-order chi connectivity index (χ0) is 21.9. The van der Waals surface area contributed by atoms with Gasteiger partial charge in [-0.25, -0.2) is 0 Å². The van der Waals surface area contributed by atoms with Crippen molar-refractivity contribution in [3.8, 4) is 11.5 Å². The molecule has 0 fully saturated rings. The standard InChI is InChI=1S/C24H30N2O4/c1-16(25-22(27)18-7-9-19(10-8-18)24(2,3)4)23(28)26(5)15-17-6-11-20-21(14-17)30-13-12-29-20/h6-11,14,16H,12-13,15H2,1-5H3,(H,25,27). The Labute approximate surface area is 178 Å². The Hall–Kier alpha value is -3.02. The molecule has 1 heterocycles. The van der Waals surface area contributed by atoms with Crippen LogP contribution in [-0.4, -0.2) is 43.0 Å². The highest BCUT2D eigenvalue weighted by atomic mass is 16.6. The zero-order valence-electron chi connectivity index (χ0n) is 18.3. The summed E-state index contributed by atoms with van der Waals surface area (Å²) in [5.74, 6) is 0.991. The molecular formula is C24H30N2O4. The lowest BCUT2D eigenvalue weighted by Gasteiger charge is -2.24. The van der Waals surface area contributed by atoms with Crippen molar-refractivity contribution in [1.29, 1.82) is 0 Å². The predicted octanol–water partition coefficient (Wildman–Crippen LogP) is 3.53. The molecule has 0 spiro atoms. The summed E-state index contributed by atoms with van der Waals surface area (Å²) in [4.78, 5) is 26.9. The lowest BCUT2D eigenvalue weighted by atomic mass is 9.86. The zero-order valence-corrected chi connectivity index (χ0v) is 18.3. The summed E-state index contributed by atoms with van der Waals surface area (Å²) in [6.07, 6.45) is 0. The van der Waals surface area contributed by atoms with E-state index < -0.39 is 6.04 Å². The molecule has 2 aromatic rings. The molecule has 0 aliphatic carbocycles.